The van der Waals surface area contributed by atoms with E-state index >= 15 is 0 Å². The first-order valence-corrected chi connectivity index (χ1v) is 6.94. The predicted octanol–water partition coefficient (Wildman–Crippen LogP) is 4.55. The van der Waals surface area contributed by atoms with Gasteiger partial charge in [-0.2, -0.15) is 0 Å². The molecule has 2 nitrogen and oxygen atoms in total. The van der Waals surface area contributed by atoms with E-state index in [0.29, 0.717) is 10.9 Å². The Hall–Kier alpha value is -1.54. The summed E-state index contributed by atoms with van der Waals surface area (Å²) in [6.07, 6.45) is 4.56. The fourth-order valence-corrected chi connectivity index (χ4v) is 2.14. The van der Waals surface area contributed by atoms with E-state index < -0.39 is 0 Å². The Morgan fingerprint density at radius 1 is 1.11 bits per heavy atom. The SMILES string of the molecule is CC(C)Cc1ccc(CNc2cnccc2Cl)cc1. The number of anilines is 1. The van der Waals surface area contributed by atoms with Crippen molar-refractivity contribution in [1.82, 2.24) is 4.98 Å². The van der Waals surface area contributed by atoms with E-state index in [0.717, 1.165) is 18.7 Å². The van der Waals surface area contributed by atoms with Crippen LogP contribution in [0.1, 0.15) is 25.0 Å². The van der Waals surface area contributed by atoms with E-state index in [-0.39, 0.29) is 0 Å². The fraction of sp³-hybridized carbons (Fsp3) is 0.312. The van der Waals surface area contributed by atoms with Crippen LogP contribution in [0.5, 0.6) is 0 Å². The Balaban J connectivity index is 1.95. The molecule has 0 radical (unpaired) electrons. The second-order valence-electron chi connectivity index (χ2n) is 5.12. The topological polar surface area (TPSA) is 24.9 Å². The number of hydrogen-bond acceptors (Lipinski definition) is 2. The maximum Gasteiger partial charge on any atom is 0.0718 e. The Bertz CT molecular complexity index is 521. The molecule has 0 aliphatic carbocycles. The minimum atomic E-state index is 0.693. The number of benzene rings is 1. The van der Waals surface area contributed by atoms with Gasteiger partial charge in [-0.15, -0.1) is 0 Å². The minimum absolute atomic E-state index is 0.693. The molecule has 1 N–H and O–H groups in total. The van der Waals surface area contributed by atoms with Gasteiger partial charge >= 0.3 is 0 Å². The molecule has 2 aromatic rings. The Labute approximate surface area is 119 Å². The molecule has 2 rings (SSSR count). The first-order chi connectivity index (χ1) is 9.15. The number of aromatic nitrogens is 1. The highest BCUT2D eigenvalue weighted by Gasteiger charge is 2.01. The molecule has 1 heterocycles. The number of halogens is 1. The molecule has 0 amide bonds. The second kappa shape index (κ2) is 6.58. The summed E-state index contributed by atoms with van der Waals surface area (Å²) in [7, 11) is 0. The zero-order valence-corrected chi connectivity index (χ0v) is 12.1. The van der Waals surface area contributed by atoms with Crippen LogP contribution in [0.15, 0.2) is 42.7 Å². The van der Waals surface area contributed by atoms with Crippen molar-refractivity contribution in [2.24, 2.45) is 5.92 Å². The summed E-state index contributed by atoms with van der Waals surface area (Å²) < 4.78 is 0. The molecular formula is C16H19ClN2. The normalized spacial score (nSPS) is 10.7. The van der Waals surface area contributed by atoms with Gasteiger partial charge in [-0.05, 0) is 29.5 Å². The van der Waals surface area contributed by atoms with Gasteiger partial charge < -0.3 is 5.32 Å². The second-order valence-corrected chi connectivity index (χ2v) is 5.53. The molecule has 1 aromatic heterocycles. The standard InChI is InChI=1S/C16H19ClN2/c1-12(2)9-13-3-5-14(6-4-13)10-19-16-11-18-8-7-15(16)17/h3-8,11-12,19H,9-10H2,1-2H3. The first-order valence-electron chi connectivity index (χ1n) is 6.56. The maximum absolute atomic E-state index is 6.07. The van der Waals surface area contributed by atoms with E-state index in [1.54, 1.807) is 18.5 Å². The lowest BCUT2D eigenvalue weighted by Crippen LogP contribution is -2.01. The van der Waals surface area contributed by atoms with Crippen molar-refractivity contribution in [2.75, 3.05) is 5.32 Å². The summed E-state index contributed by atoms with van der Waals surface area (Å²) in [5.41, 5.74) is 3.50. The summed E-state index contributed by atoms with van der Waals surface area (Å²) >= 11 is 6.07. The van der Waals surface area contributed by atoms with Crippen LogP contribution < -0.4 is 5.32 Å². The quantitative estimate of drug-likeness (QED) is 0.865. The molecule has 19 heavy (non-hydrogen) atoms. The lowest BCUT2D eigenvalue weighted by atomic mass is 10.0. The summed E-state index contributed by atoms with van der Waals surface area (Å²) in [5, 5.41) is 4.00. The number of hydrogen-bond donors (Lipinski definition) is 1. The van der Waals surface area contributed by atoms with E-state index in [4.69, 9.17) is 11.6 Å². The van der Waals surface area contributed by atoms with Crippen LogP contribution in [0.4, 0.5) is 5.69 Å². The van der Waals surface area contributed by atoms with Crippen LogP contribution >= 0.6 is 11.6 Å². The molecule has 100 valence electrons. The van der Waals surface area contributed by atoms with Crippen LogP contribution in [-0.2, 0) is 13.0 Å². The highest BCUT2D eigenvalue weighted by Crippen LogP contribution is 2.20. The summed E-state index contributed by atoms with van der Waals surface area (Å²) in [4.78, 5) is 4.06. The van der Waals surface area contributed by atoms with Gasteiger partial charge in [0.2, 0.25) is 0 Å². The van der Waals surface area contributed by atoms with Gasteiger partial charge in [0, 0.05) is 12.7 Å². The highest BCUT2D eigenvalue weighted by molar-refractivity contribution is 6.33. The Kier molecular flexibility index (Phi) is 4.80. The van der Waals surface area contributed by atoms with Gasteiger partial charge in [-0.3, -0.25) is 4.98 Å². The smallest absolute Gasteiger partial charge is 0.0718 e. The van der Waals surface area contributed by atoms with Crippen molar-refractivity contribution in [1.29, 1.82) is 0 Å². The van der Waals surface area contributed by atoms with Crippen LogP contribution in [0.25, 0.3) is 0 Å². The van der Waals surface area contributed by atoms with Crippen molar-refractivity contribution in [2.45, 2.75) is 26.8 Å². The fourth-order valence-electron chi connectivity index (χ4n) is 1.97. The first kappa shape index (κ1) is 13.9. The molecule has 0 saturated carbocycles. The number of rotatable bonds is 5. The zero-order valence-electron chi connectivity index (χ0n) is 11.4. The molecule has 3 heteroatoms. The lowest BCUT2D eigenvalue weighted by Gasteiger charge is -2.09. The minimum Gasteiger partial charge on any atom is -0.379 e. The average molecular weight is 275 g/mol. The number of nitrogens with one attached hydrogen (secondary N) is 1. The summed E-state index contributed by atoms with van der Waals surface area (Å²) in [6, 6.07) is 10.5. The van der Waals surface area contributed by atoms with Gasteiger partial charge in [-0.1, -0.05) is 49.7 Å². The third-order valence-corrected chi connectivity index (χ3v) is 3.25. The van der Waals surface area contributed by atoms with E-state index in [2.05, 4.69) is 48.4 Å². The van der Waals surface area contributed by atoms with Crippen molar-refractivity contribution < 1.29 is 0 Å². The number of nitrogens with zero attached hydrogens (tertiary/aromatic N) is 1. The van der Waals surface area contributed by atoms with E-state index in [1.165, 1.54) is 11.1 Å². The molecule has 0 bridgehead atoms. The lowest BCUT2D eigenvalue weighted by molar-refractivity contribution is 0.647. The molecule has 0 unspecified atom stereocenters. The van der Waals surface area contributed by atoms with Gasteiger partial charge in [0.05, 0.1) is 16.9 Å². The summed E-state index contributed by atoms with van der Waals surface area (Å²) in [5.74, 6) is 0.693. The number of pyridine rings is 1. The van der Waals surface area contributed by atoms with Gasteiger partial charge in [0.15, 0.2) is 0 Å². The predicted molar refractivity (Wildman–Crippen MR) is 81.6 cm³/mol. The molecule has 0 saturated heterocycles. The van der Waals surface area contributed by atoms with Gasteiger partial charge in [0.25, 0.3) is 0 Å². The maximum atomic E-state index is 6.07. The van der Waals surface area contributed by atoms with Gasteiger partial charge in [-0.25, -0.2) is 0 Å². The zero-order chi connectivity index (χ0) is 13.7. The van der Waals surface area contributed by atoms with Crippen molar-refractivity contribution in [3.63, 3.8) is 0 Å². The Morgan fingerprint density at radius 3 is 2.42 bits per heavy atom. The van der Waals surface area contributed by atoms with E-state index in [1.807, 2.05) is 0 Å². The van der Waals surface area contributed by atoms with E-state index in [9.17, 15) is 0 Å². The van der Waals surface area contributed by atoms with Crippen molar-refractivity contribution in [3.05, 3.63) is 58.9 Å². The molecule has 1 aromatic carbocycles. The summed E-state index contributed by atoms with van der Waals surface area (Å²) in [6.45, 7) is 5.23. The van der Waals surface area contributed by atoms with Crippen LogP contribution in [0.2, 0.25) is 5.02 Å². The van der Waals surface area contributed by atoms with Gasteiger partial charge in [0.1, 0.15) is 0 Å². The molecular weight excluding hydrogens is 256 g/mol. The van der Waals surface area contributed by atoms with Crippen molar-refractivity contribution >= 4 is 17.3 Å². The molecule has 0 fully saturated rings. The molecule has 0 aliphatic heterocycles. The largest absolute Gasteiger partial charge is 0.379 e. The third kappa shape index (κ3) is 4.25. The molecule has 0 atom stereocenters. The molecule has 0 spiro atoms. The van der Waals surface area contributed by atoms with Crippen LogP contribution in [0, 0.1) is 5.92 Å². The van der Waals surface area contributed by atoms with Crippen LogP contribution in [-0.4, -0.2) is 4.98 Å². The Morgan fingerprint density at radius 2 is 1.79 bits per heavy atom. The monoisotopic (exact) mass is 274 g/mol. The third-order valence-electron chi connectivity index (χ3n) is 2.92. The average Bonchev–Trinajstić information content (AvgIpc) is 2.39. The van der Waals surface area contributed by atoms with Crippen molar-refractivity contribution in [3.8, 4) is 0 Å². The molecule has 0 aliphatic rings. The highest BCUT2D eigenvalue weighted by atomic mass is 35.5. The van der Waals surface area contributed by atoms with Crippen LogP contribution in [0.3, 0.4) is 0 Å².